The van der Waals surface area contributed by atoms with Crippen molar-refractivity contribution >= 4 is 29.2 Å². The van der Waals surface area contributed by atoms with Crippen molar-refractivity contribution in [3.05, 3.63) is 47.4 Å². The maximum atomic E-state index is 11.6. The van der Waals surface area contributed by atoms with E-state index in [-0.39, 0.29) is 17.6 Å². The maximum Gasteiger partial charge on any atom is 0.287 e. The van der Waals surface area contributed by atoms with Crippen LogP contribution in [0.2, 0.25) is 5.02 Å². The number of halogens is 1. The van der Waals surface area contributed by atoms with Crippen molar-refractivity contribution in [1.29, 1.82) is 0 Å². The highest BCUT2D eigenvalue weighted by atomic mass is 35.5. The molecule has 7 nitrogen and oxygen atoms in total. The number of hydrogen-bond donors (Lipinski definition) is 3. The number of rotatable bonds is 6. The molecule has 0 radical (unpaired) electrons. The fourth-order valence-electron chi connectivity index (χ4n) is 1.77. The van der Waals surface area contributed by atoms with Gasteiger partial charge >= 0.3 is 0 Å². The van der Waals surface area contributed by atoms with Crippen LogP contribution in [0.15, 0.2) is 46.0 Å². The summed E-state index contributed by atoms with van der Waals surface area (Å²) in [5.41, 5.74) is 6.46. The van der Waals surface area contributed by atoms with E-state index < -0.39 is 0 Å². The minimum absolute atomic E-state index is 0.221. The molecule has 8 heteroatoms. The van der Waals surface area contributed by atoms with Crippen molar-refractivity contribution in [2.75, 3.05) is 25.5 Å². The van der Waals surface area contributed by atoms with E-state index in [2.05, 4.69) is 15.6 Å². The standard InChI is InChI=1S/C15H17ClN4O3/c1-22-12-5-4-10(9-11(12)16)20-15(17)19-7-6-18-14(21)13-3-2-8-23-13/h2-5,8-9H,6-7H2,1H3,(H,18,21)(H3,17,19,20). The van der Waals surface area contributed by atoms with Gasteiger partial charge in [0.25, 0.3) is 5.91 Å². The summed E-state index contributed by atoms with van der Waals surface area (Å²) in [6.07, 6.45) is 1.44. The number of anilines is 1. The van der Waals surface area contributed by atoms with Crippen molar-refractivity contribution in [3.8, 4) is 5.75 Å². The summed E-state index contributed by atoms with van der Waals surface area (Å²) >= 11 is 6.02. The number of benzene rings is 1. The van der Waals surface area contributed by atoms with Crippen LogP contribution in [0.4, 0.5) is 5.69 Å². The number of hydrogen-bond acceptors (Lipinski definition) is 4. The van der Waals surface area contributed by atoms with Gasteiger partial charge in [0.1, 0.15) is 5.75 Å². The topological polar surface area (TPSA) is 102 Å². The molecule has 0 bridgehead atoms. The molecule has 122 valence electrons. The highest BCUT2D eigenvalue weighted by molar-refractivity contribution is 6.32. The van der Waals surface area contributed by atoms with Gasteiger partial charge in [0.2, 0.25) is 0 Å². The summed E-state index contributed by atoms with van der Waals surface area (Å²) < 4.78 is 10.0. The Labute approximate surface area is 138 Å². The van der Waals surface area contributed by atoms with E-state index in [1.54, 1.807) is 37.4 Å². The predicted molar refractivity (Wildman–Crippen MR) is 89.2 cm³/mol. The van der Waals surface area contributed by atoms with Crippen LogP contribution in [0, 0.1) is 0 Å². The number of methoxy groups -OCH3 is 1. The zero-order valence-corrected chi connectivity index (χ0v) is 13.3. The van der Waals surface area contributed by atoms with Gasteiger partial charge < -0.3 is 25.5 Å². The lowest BCUT2D eigenvalue weighted by molar-refractivity contribution is 0.0927. The molecule has 2 rings (SSSR count). The molecule has 0 spiro atoms. The average molecular weight is 337 g/mol. The molecular formula is C15H17ClN4O3. The highest BCUT2D eigenvalue weighted by Crippen LogP contribution is 2.26. The average Bonchev–Trinajstić information content (AvgIpc) is 3.06. The predicted octanol–water partition coefficient (Wildman–Crippen LogP) is 2.10. The molecule has 0 atom stereocenters. The first-order valence-electron chi connectivity index (χ1n) is 6.82. The monoisotopic (exact) mass is 336 g/mol. The molecule has 0 saturated carbocycles. The van der Waals surface area contributed by atoms with E-state index in [0.717, 1.165) is 0 Å². The van der Waals surface area contributed by atoms with E-state index in [4.69, 9.17) is 26.5 Å². The molecule has 1 aromatic carbocycles. The quantitative estimate of drug-likeness (QED) is 0.426. The maximum absolute atomic E-state index is 11.6. The SMILES string of the molecule is COc1ccc(NC(N)=NCCNC(=O)c2ccco2)cc1Cl. The van der Waals surface area contributed by atoms with Gasteiger partial charge in [-0.3, -0.25) is 9.79 Å². The fraction of sp³-hybridized carbons (Fsp3) is 0.200. The third kappa shape index (κ3) is 4.93. The number of aliphatic imine (C=N–C) groups is 1. The Hall–Kier alpha value is -2.67. The molecule has 1 heterocycles. The van der Waals surface area contributed by atoms with E-state index in [1.165, 1.54) is 6.26 Å². The first-order chi connectivity index (χ1) is 11.1. The molecule has 0 aliphatic heterocycles. The summed E-state index contributed by atoms with van der Waals surface area (Å²) in [7, 11) is 1.54. The molecule has 0 aliphatic rings. The Kier molecular flexibility index (Phi) is 5.87. The lowest BCUT2D eigenvalue weighted by Gasteiger charge is -2.08. The van der Waals surface area contributed by atoms with Gasteiger partial charge in [-0.2, -0.15) is 0 Å². The molecule has 1 amide bonds. The van der Waals surface area contributed by atoms with Crippen molar-refractivity contribution < 1.29 is 13.9 Å². The first-order valence-corrected chi connectivity index (χ1v) is 7.20. The summed E-state index contributed by atoms with van der Waals surface area (Å²) in [5, 5.41) is 6.04. The molecular weight excluding hydrogens is 320 g/mol. The van der Waals surface area contributed by atoms with Gasteiger partial charge in [0.15, 0.2) is 11.7 Å². The number of nitrogens with two attached hydrogens (primary N) is 1. The Morgan fingerprint density at radius 1 is 1.43 bits per heavy atom. The van der Waals surface area contributed by atoms with E-state index >= 15 is 0 Å². The molecule has 2 aromatic rings. The van der Waals surface area contributed by atoms with Crippen LogP contribution in [0.25, 0.3) is 0 Å². The van der Waals surface area contributed by atoms with E-state index in [9.17, 15) is 4.79 Å². The number of nitrogens with one attached hydrogen (secondary N) is 2. The number of nitrogens with zero attached hydrogens (tertiary/aromatic N) is 1. The van der Waals surface area contributed by atoms with Crippen LogP contribution in [-0.2, 0) is 0 Å². The number of carbonyl (C=O) groups is 1. The smallest absolute Gasteiger partial charge is 0.287 e. The third-order valence-electron chi connectivity index (χ3n) is 2.85. The van der Waals surface area contributed by atoms with Gasteiger partial charge in [0.05, 0.1) is 24.9 Å². The molecule has 0 aliphatic carbocycles. The van der Waals surface area contributed by atoms with Crippen molar-refractivity contribution in [1.82, 2.24) is 5.32 Å². The van der Waals surface area contributed by atoms with Crippen LogP contribution in [0.1, 0.15) is 10.6 Å². The number of furan rings is 1. The Bertz CT molecular complexity index is 686. The van der Waals surface area contributed by atoms with Gasteiger partial charge in [-0.15, -0.1) is 0 Å². The Morgan fingerprint density at radius 2 is 2.26 bits per heavy atom. The number of carbonyl (C=O) groups excluding carboxylic acids is 1. The lowest BCUT2D eigenvalue weighted by Crippen LogP contribution is -2.28. The van der Waals surface area contributed by atoms with Gasteiger partial charge in [-0.1, -0.05) is 11.6 Å². The summed E-state index contributed by atoms with van der Waals surface area (Å²) in [4.78, 5) is 15.7. The second-order valence-corrected chi connectivity index (χ2v) is 4.88. The molecule has 4 N–H and O–H groups in total. The van der Waals surface area contributed by atoms with Gasteiger partial charge in [-0.25, -0.2) is 0 Å². The highest BCUT2D eigenvalue weighted by Gasteiger charge is 2.06. The molecule has 0 saturated heterocycles. The van der Waals surface area contributed by atoms with E-state index in [1.807, 2.05) is 0 Å². The van der Waals surface area contributed by atoms with Gasteiger partial charge in [0, 0.05) is 12.2 Å². The minimum Gasteiger partial charge on any atom is -0.495 e. The normalized spacial score (nSPS) is 11.1. The third-order valence-corrected chi connectivity index (χ3v) is 3.14. The second kappa shape index (κ2) is 8.09. The lowest BCUT2D eigenvalue weighted by atomic mass is 10.3. The van der Waals surface area contributed by atoms with Gasteiger partial charge in [-0.05, 0) is 30.3 Å². The van der Waals surface area contributed by atoms with E-state index in [0.29, 0.717) is 29.5 Å². The number of ether oxygens (including phenoxy) is 1. The number of guanidine groups is 1. The molecule has 1 aromatic heterocycles. The minimum atomic E-state index is -0.293. The Morgan fingerprint density at radius 3 is 2.91 bits per heavy atom. The van der Waals surface area contributed by atoms with Crippen molar-refractivity contribution in [3.63, 3.8) is 0 Å². The summed E-state index contributed by atoms with van der Waals surface area (Å²) in [6.45, 7) is 0.667. The first kappa shape index (κ1) is 16.7. The van der Waals surface area contributed by atoms with Crippen LogP contribution in [-0.4, -0.2) is 32.1 Å². The molecule has 23 heavy (non-hydrogen) atoms. The largest absolute Gasteiger partial charge is 0.495 e. The summed E-state index contributed by atoms with van der Waals surface area (Å²) in [6, 6.07) is 8.41. The van der Waals surface area contributed by atoms with Crippen molar-refractivity contribution in [2.45, 2.75) is 0 Å². The fourth-order valence-corrected chi connectivity index (χ4v) is 2.03. The molecule has 0 unspecified atom stereocenters. The summed E-state index contributed by atoms with van der Waals surface area (Å²) in [5.74, 6) is 0.762. The Balaban J connectivity index is 1.79. The van der Waals surface area contributed by atoms with Crippen LogP contribution >= 0.6 is 11.6 Å². The van der Waals surface area contributed by atoms with Crippen molar-refractivity contribution in [2.24, 2.45) is 10.7 Å². The van der Waals surface area contributed by atoms with Crippen LogP contribution < -0.4 is 21.1 Å². The zero-order chi connectivity index (χ0) is 16.7. The zero-order valence-electron chi connectivity index (χ0n) is 12.5. The number of amides is 1. The second-order valence-electron chi connectivity index (χ2n) is 4.47. The van der Waals surface area contributed by atoms with Crippen LogP contribution in [0.5, 0.6) is 5.75 Å². The van der Waals surface area contributed by atoms with Crippen LogP contribution in [0.3, 0.4) is 0 Å². The molecule has 0 fully saturated rings.